The predicted molar refractivity (Wildman–Crippen MR) is 110 cm³/mol. The van der Waals surface area contributed by atoms with Crippen molar-refractivity contribution in [1.29, 1.82) is 0 Å². The summed E-state index contributed by atoms with van der Waals surface area (Å²) in [7, 11) is 0. The first kappa shape index (κ1) is 21.2. The van der Waals surface area contributed by atoms with E-state index in [9.17, 15) is 19.2 Å². The molecule has 0 fully saturated rings. The topological polar surface area (TPSA) is 95.1 Å². The Hall–Kier alpha value is -3.07. The monoisotopic (exact) mass is 402 g/mol. The molecule has 0 saturated heterocycles. The van der Waals surface area contributed by atoms with Gasteiger partial charge in [-0.1, -0.05) is 30.4 Å². The molecule has 0 spiro atoms. The Bertz CT molecular complexity index is 973. The number of hydrogen-bond donors (Lipinski definition) is 1. The highest BCUT2D eigenvalue weighted by Crippen LogP contribution is 2.15. The first-order valence-corrected chi connectivity index (χ1v) is 9.59. The second kappa shape index (κ2) is 10.3. The van der Waals surface area contributed by atoms with Crippen molar-refractivity contribution in [3.05, 3.63) is 87.1 Å². The molecule has 0 unspecified atom stereocenters. The molecule has 9 heteroatoms. The van der Waals surface area contributed by atoms with Gasteiger partial charge in [0.2, 0.25) is 5.91 Å². The quantitative estimate of drug-likeness (QED) is 0.354. The minimum absolute atomic E-state index is 0.0651. The van der Waals surface area contributed by atoms with E-state index in [0.29, 0.717) is 12.3 Å². The molecule has 28 heavy (non-hydrogen) atoms. The molecule has 0 aliphatic heterocycles. The third-order valence-corrected chi connectivity index (χ3v) is 4.76. The highest BCUT2D eigenvalue weighted by Gasteiger charge is 2.16. The molecule has 1 N–H and O–H groups in total. The Morgan fingerprint density at radius 2 is 1.46 bits per heavy atom. The maximum absolute atomic E-state index is 12.5. The van der Waals surface area contributed by atoms with Crippen LogP contribution in [-0.4, -0.2) is 31.9 Å². The summed E-state index contributed by atoms with van der Waals surface area (Å²) >= 11 is 1.58. The Labute approximate surface area is 165 Å². The van der Waals surface area contributed by atoms with Gasteiger partial charge in [-0.05, 0) is 12.1 Å². The normalized spacial score (nSPS) is 10.4. The number of nitrogens with zero attached hydrogens (tertiary/aromatic N) is 3. The summed E-state index contributed by atoms with van der Waals surface area (Å²) in [6, 6.07) is 9.72. The molecule has 1 amide bonds. The molecule has 0 saturated carbocycles. The van der Waals surface area contributed by atoms with Crippen molar-refractivity contribution in [2.24, 2.45) is 0 Å². The average Bonchev–Trinajstić information content (AvgIpc) is 2.70. The van der Waals surface area contributed by atoms with Gasteiger partial charge < -0.3 is 5.32 Å². The van der Waals surface area contributed by atoms with Crippen molar-refractivity contribution in [3.8, 4) is 0 Å². The highest BCUT2D eigenvalue weighted by molar-refractivity contribution is 7.99. The van der Waals surface area contributed by atoms with E-state index in [0.717, 1.165) is 18.6 Å². The molecular weight excluding hydrogens is 380 g/mol. The van der Waals surface area contributed by atoms with Crippen LogP contribution in [0.5, 0.6) is 0 Å². The van der Waals surface area contributed by atoms with Crippen LogP contribution in [0.25, 0.3) is 0 Å². The lowest BCUT2D eigenvalue weighted by atomic mass is 10.4. The van der Waals surface area contributed by atoms with Crippen molar-refractivity contribution in [2.45, 2.75) is 24.5 Å². The molecule has 0 atom stereocenters. The smallest absolute Gasteiger partial charge is 0.337 e. The fourth-order valence-electron chi connectivity index (χ4n) is 2.46. The van der Waals surface area contributed by atoms with Crippen LogP contribution in [0.2, 0.25) is 0 Å². The molecule has 1 aromatic heterocycles. The fourth-order valence-corrected chi connectivity index (χ4v) is 3.25. The first-order chi connectivity index (χ1) is 13.5. The third kappa shape index (κ3) is 5.23. The van der Waals surface area contributed by atoms with Gasteiger partial charge in [-0.25, -0.2) is 28.1 Å². The van der Waals surface area contributed by atoms with Crippen LogP contribution in [0.15, 0.2) is 74.9 Å². The summed E-state index contributed by atoms with van der Waals surface area (Å²) in [5, 5.41) is 2.68. The number of amides is 1. The number of aromatic nitrogens is 3. The fraction of sp³-hybridized carbons (Fsp3) is 0.263. The van der Waals surface area contributed by atoms with Crippen LogP contribution < -0.4 is 22.4 Å². The SMILES string of the molecule is C=CCn1c(=O)n(CC=C)c(=O)n(CC(=O)NCCSc2ccccc2)c1=O. The molecule has 1 heterocycles. The van der Waals surface area contributed by atoms with Crippen LogP contribution in [0, 0.1) is 0 Å². The number of thioether (sulfide) groups is 1. The van der Waals surface area contributed by atoms with E-state index < -0.39 is 29.5 Å². The number of hydrogen-bond acceptors (Lipinski definition) is 5. The highest BCUT2D eigenvalue weighted by atomic mass is 32.2. The minimum Gasteiger partial charge on any atom is -0.354 e. The van der Waals surface area contributed by atoms with Crippen molar-refractivity contribution in [3.63, 3.8) is 0 Å². The second-order valence-electron chi connectivity index (χ2n) is 5.74. The number of carbonyl (C=O) groups is 1. The van der Waals surface area contributed by atoms with E-state index in [1.54, 1.807) is 11.8 Å². The lowest BCUT2D eigenvalue weighted by Crippen LogP contribution is -2.55. The summed E-state index contributed by atoms with van der Waals surface area (Å²) in [5.41, 5.74) is -2.45. The van der Waals surface area contributed by atoms with Gasteiger partial charge in [0.1, 0.15) is 6.54 Å². The summed E-state index contributed by atoms with van der Waals surface area (Å²) < 4.78 is 2.46. The molecule has 0 radical (unpaired) electrons. The molecule has 0 aliphatic rings. The van der Waals surface area contributed by atoms with Gasteiger partial charge in [0.15, 0.2) is 0 Å². The van der Waals surface area contributed by atoms with Gasteiger partial charge >= 0.3 is 17.1 Å². The van der Waals surface area contributed by atoms with Crippen LogP contribution >= 0.6 is 11.8 Å². The molecule has 0 aliphatic carbocycles. The average molecular weight is 402 g/mol. The van der Waals surface area contributed by atoms with E-state index >= 15 is 0 Å². The summed E-state index contributed by atoms with van der Waals surface area (Å²) in [4.78, 5) is 50.5. The maximum atomic E-state index is 12.5. The number of allylic oxidation sites excluding steroid dienone is 2. The molecule has 8 nitrogen and oxygen atoms in total. The summed E-state index contributed by atoms with van der Waals surface area (Å²) in [6.45, 7) is 6.78. The minimum atomic E-state index is -0.843. The van der Waals surface area contributed by atoms with Gasteiger partial charge in [0, 0.05) is 17.2 Å². The van der Waals surface area contributed by atoms with Crippen LogP contribution in [-0.2, 0) is 24.4 Å². The van der Waals surface area contributed by atoms with Crippen LogP contribution in [0.1, 0.15) is 0 Å². The van der Waals surface area contributed by atoms with E-state index in [1.807, 2.05) is 30.3 Å². The van der Waals surface area contributed by atoms with Gasteiger partial charge in [-0.15, -0.1) is 24.9 Å². The molecular formula is C19H22N4O4S. The predicted octanol–water partition coefficient (Wildman–Crippen LogP) is 0.452. The molecule has 2 rings (SSSR count). The van der Waals surface area contributed by atoms with E-state index in [4.69, 9.17) is 0 Å². The van der Waals surface area contributed by atoms with Crippen molar-refractivity contribution < 1.29 is 4.79 Å². The number of benzene rings is 1. The Morgan fingerprint density at radius 1 is 0.929 bits per heavy atom. The lowest BCUT2D eigenvalue weighted by Gasteiger charge is -2.12. The van der Waals surface area contributed by atoms with Gasteiger partial charge in [0.25, 0.3) is 0 Å². The largest absolute Gasteiger partial charge is 0.354 e. The zero-order valence-electron chi connectivity index (χ0n) is 15.4. The van der Waals surface area contributed by atoms with Crippen molar-refractivity contribution in [2.75, 3.05) is 12.3 Å². The van der Waals surface area contributed by atoms with Crippen LogP contribution in [0.4, 0.5) is 0 Å². The standard InChI is InChI=1S/C19H22N4O4S/c1-3-11-21-17(25)22(12-4-2)19(27)23(18(21)26)14-16(24)20-10-13-28-15-8-6-5-7-9-15/h3-9H,1-2,10-14H2,(H,20,24). The number of rotatable bonds is 10. The number of nitrogens with one attached hydrogen (secondary N) is 1. The lowest BCUT2D eigenvalue weighted by molar-refractivity contribution is -0.121. The van der Waals surface area contributed by atoms with E-state index in [1.165, 1.54) is 12.2 Å². The molecule has 1 aromatic carbocycles. The number of carbonyl (C=O) groups excluding carboxylic acids is 1. The van der Waals surface area contributed by atoms with E-state index in [-0.39, 0.29) is 13.1 Å². The molecule has 2 aromatic rings. The second-order valence-corrected chi connectivity index (χ2v) is 6.91. The van der Waals surface area contributed by atoms with Crippen molar-refractivity contribution >= 4 is 17.7 Å². The Kier molecular flexibility index (Phi) is 7.82. The van der Waals surface area contributed by atoms with Gasteiger partial charge in [0.05, 0.1) is 13.1 Å². The third-order valence-electron chi connectivity index (χ3n) is 3.75. The maximum Gasteiger partial charge on any atom is 0.337 e. The van der Waals surface area contributed by atoms with Crippen LogP contribution in [0.3, 0.4) is 0 Å². The van der Waals surface area contributed by atoms with Gasteiger partial charge in [-0.2, -0.15) is 0 Å². The first-order valence-electron chi connectivity index (χ1n) is 8.60. The Balaban J connectivity index is 2.11. The molecule has 0 bridgehead atoms. The van der Waals surface area contributed by atoms with Gasteiger partial charge in [-0.3, -0.25) is 4.79 Å². The zero-order valence-corrected chi connectivity index (χ0v) is 16.2. The molecule has 148 valence electrons. The summed E-state index contributed by atoms with van der Waals surface area (Å²) in [5.74, 6) is 0.156. The van der Waals surface area contributed by atoms with Crippen molar-refractivity contribution in [1.82, 2.24) is 19.0 Å². The Morgan fingerprint density at radius 3 is 2.00 bits per heavy atom. The zero-order chi connectivity index (χ0) is 20.5. The van der Waals surface area contributed by atoms with E-state index in [2.05, 4.69) is 18.5 Å². The summed E-state index contributed by atoms with van der Waals surface area (Å²) in [6.07, 6.45) is 2.74.